The third-order valence-electron chi connectivity index (χ3n) is 6.73. The molecule has 0 saturated heterocycles. The van der Waals surface area contributed by atoms with Crippen LogP contribution in [0.1, 0.15) is 52.7 Å². The average molecular weight is 564 g/mol. The third-order valence-corrected chi connectivity index (χ3v) is 17.3. The van der Waals surface area contributed by atoms with Gasteiger partial charge in [-0.05, 0) is 42.7 Å². The lowest BCUT2D eigenvalue weighted by atomic mass is 9.87. The molecule has 0 heterocycles. The molecule has 0 radical (unpaired) electrons. The molecule has 0 aromatic heterocycles. The molecule has 192 valence electrons. The van der Waals surface area contributed by atoms with E-state index < -0.39 is 15.3 Å². The summed E-state index contributed by atoms with van der Waals surface area (Å²) in [6.07, 6.45) is 0. The van der Waals surface area contributed by atoms with E-state index in [0.29, 0.717) is 0 Å². The topological polar surface area (TPSA) is 9.23 Å². The van der Waals surface area contributed by atoms with Crippen LogP contribution in [-0.2, 0) is 14.9 Å². The van der Waals surface area contributed by atoms with E-state index in [2.05, 4.69) is 114 Å². The van der Waals surface area contributed by atoms with Crippen molar-refractivity contribution >= 4 is 58.2 Å². The van der Waals surface area contributed by atoms with Crippen LogP contribution in [-0.4, -0.2) is 15.3 Å². The first-order chi connectivity index (χ1) is 17.4. The van der Waals surface area contributed by atoms with Crippen molar-refractivity contribution in [3.63, 3.8) is 0 Å². The SMILES string of the molecule is CC(C)(C)c1ccccc1[Si](Cl)(O[Si](Cl)(c1ccccc1)c1ccccc1C(C)(C)C)c1ccccc1. The van der Waals surface area contributed by atoms with Crippen LogP contribution in [0.15, 0.2) is 109 Å². The highest BCUT2D eigenvalue weighted by Gasteiger charge is 2.52. The predicted octanol–water partition coefficient (Wildman–Crippen LogP) is 6.59. The molecule has 2 atom stereocenters. The van der Waals surface area contributed by atoms with Crippen LogP contribution in [0.4, 0.5) is 0 Å². The normalized spacial score (nSPS) is 15.6. The summed E-state index contributed by atoms with van der Waals surface area (Å²) in [6.45, 7) is 13.3. The Hall–Kier alpha value is -2.15. The standard InChI is InChI=1S/C32H36Cl2OSi2/c1-31(2,3)27-21-13-15-23-29(27)36(33,25-17-9-7-10-18-25)35-37(34,26-19-11-8-12-20-26)30-24-16-14-22-28(30)32(4,5)6/h7-24H,1-6H3. The summed E-state index contributed by atoms with van der Waals surface area (Å²) in [5.74, 6) is 0. The zero-order chi connectivity index (χ0) is 26.9. The first-order valence-electron chi connectivity index (χ1n) is 12.8. The van der Waals surface area contributed by atoms with Crippen LogP contribution in [0, 0.1) is 0 Å². The second kappa shape index (κ2) is 10.5. The zero-order valence-electron chi connectivity index (χ0n) is 22.6. The van der Waals surface area contributed by atoms with Gasteiger partial charge in [0.25, 0.3) is 0 Å². The summed E-state index contributed by atoms with van der Waals surface area (Å²) >= 11 is 15.8. The van der Waals surface area contributed by atoms with E-state index in [-0.39, 0.29) is 10.8 Å². The van der Waals surface area contributed by atoms with Gasteiger partial charge in [-0.15, -0.1) is 22.2 Å². The van der Waals surface area contributed by atoms with Gasteiger partial charge in [0.1, 0.15) is 0 Å². The minimum absolute atomic E-state index is 0.117. The van der Waals surface area contributed by atoms with E-state index in [1.165, 1.54) is 11.1 Å². The van der Waals surface area contributed by atoms with Gasteiger partial charge in [-0.1, -0.05) is 151 Å². The van der Waals surface area contributed by atoms with Crippen molar-refractivity contribution < 1.29 is 4.12 Å². The first kappa shape index (κ1) is 27.9. The van der Waals surface area contributed by atoms with Crippen molar-refractivity contribution in [2.75, 3.05) is 0 Å². The van der Waals surface area contributed by atoms with Gasteiger partial charge in [-0.2, -0.15) is 0 Å². The average Bonchev–Trinajstić information content (AvgIpc) is 2.88. The van der Waals surface area contributed by atoms with E-state index in [1.54, 1.807) is 0 Å². The van der Waals surface area contributed by atoms with Crippen LogP contribution in [0.3, 0.4) is 0 Å². The van der Waals surface area contributed by atoms with Crippen molar-refractivity contribution in [3.05, 3.63) is 120 Å². The second-order valence-electron chi connectivity index (χ2n) is 11.6. The van der Waals surface area contributed by atoms with Crippen LogP contribution in [0.25, 0.3) is 0 Å². The highest BCUT2D eigenvalue weighted by Crippen LogP contribution is 2.30. The molecule has 0 aliphatic rings. The van der Waals surface area contributed by atoms with Crippen LogP contribution >= 0.6 is 22.2 Å². The van der Waals surface area contributed by atoms with Crippen molar-refractivity contribution in [1.82, 2.24) is 0 Å². The summed E-state index contributed by atoms with van der Waals surface area (Å²) in [5.41, 5.74) is 2.14. The van der Waals surface area contributed by atoms with Gasteiger partial charge in [0.05, 0.1) is 0 Å². The lowest BCUT2D eigenvalue weighted by Gasteiger charge is -2.39. The Morgan fingerprint density at radius 1 is 0.459 bits per heavy atom. The van der Waals surface area contributed by atoms with E-state index >= 15 is 0 Å². The molecule has 1 nitrogen and oxygen atoms in total. The monoisotopic (exact) mass is 562 g/mol. The number of rotatable bonds is 6. The molecule has 0 bridgehead atoms. The Labute approximate surface area is 234 Å². The lowest BCUT2D eigenvalue weighted by molar-refractivity contribution is 0.579. The molecule has 0 aliphatic carbocycles. The van der Waals surface area contributed by atoms with Gasteiger partial charge >= 0.3 is 15.3 Å². The van der Waals surface area contributed by atoms with E-state index in [1.807, 2.05) is 36.4 Å². The lowest BCUT2D eigenvalue weighted by Crippen LogP contribution is -2.70. The Balaban J connectivity index is 2.05. The van der Waals surface area contributed by atoms with Crippen molar-refractivity contribution in [1.29, 1.82) is 0 Å². The molecule has 2 unspecified atom stereocenters. The van der Waals surface area contributed by atoms with Gasteiger partial charge in [-0.3, -0.25) is 0 Å². The van der Waals surface area contributed by atoms with Gasteiger partial charge in [0.2, 0.25) is 0 Å². The third kappa shape index (κ3) is 5.67. The Morgan fingerprint density at radius 2 is 0.757 bits per heavy atom. The molecule has 5 heteroatoms. The molecule has 0 aliphatic heterocycles. The predicted molar refractivity (Wildman–Crippen MR) is 166 cm³/mol. The molecule has 0 amide bonds. The van der Waals surface area contributed by atoms with Gasteiger partial charge in [-0.25, -0.2) is 0 Å². The zero-order valence-corrected chi connectivity index (χ0v) is 26.1. The fourth-order valence-corrected chi connectivity index (χ4v) is 16.5. The molecule has 0 spiro atoms. The minimum Gasteiger partial charge on any atom is -0.420 e. The van der Waals surface area contributed by atoms with Crippen molar-refractivity contribution in [2.45, 2.75) is 52.4 Å². The molecule has 4 rings (SSSR count). The smallest absolute Gasteiger partial charge is 0.346 e. The number of hydrogen-bond acceptors (Lipinski definition) is 1. The second-order valence-corrected chi connectivity index (χ2v) is 20.2. The van der Waals surface area contributed by atoms with Crippen LogP contribution in [0.5, 0.6) is 0 Å². The maximum atomic E-state index is 7.92. The summed E-state index contributed by atoms with van der Waals surface area (Å²) in [6, 6.07) is 37.4. The maximum absolute atomic E-state index is 7.92. The van der Waals surface area contributed by atoms with Crippen LogP contribution in [0.2, 0.25) is 0 Å². The molecular formula is C32H36Cl2OSi2. The molecule has 0 N–H and O–H groups in total. The molecule has 37 heavy (non-hydrogen) atoms. The molecule has 0 fully saturated rings. The van der Waals surface area contributed by atoms with E-state index in [0.717, 1.165) is 20.7 Å². The molecular weight excluding hydrogens is 527 g/mol. The summed E-state index contributed by atoms with van der Waals surface area (Å²) in [7, 11) is -6.67. The van der Waals surface area contributed by atoms with E-state index in [9.17, 15) is 0 Å². The summed E-state index contributed by atoms with van der Waals surface area (Å²) in [4.78, 5) is 0. The molecule has 4 aromatic rings. The van der Waals surface area contributed by atoms with Gasteiger partial charge in [0, 0.05) is 0 Å². The van der Waals surface area contributed by atoms with Crippen molar-refractivity contribution in [2.24, 2.45) is 0 Å². The quantitative estimate of drug-likeness (QED) is 0.190. The first-order valence-corrected chi connectivity index (χ1v) is 18.6. The number of halogens is 2. The highest BCUT2D eigenvalue weighted by molar-refractivity contribution is 7.40. The maximum Gasteiger partial charge on any atom is 0.346 e. The Bertz CT molecular complexity index is 1240. The van der Waals surface area contributed by atoms with Gasteiger partial charge in [0.15, 0.2) is 0 Å². The van der Waals surface area contributed by atoms with Crippen LogP contribution < -0.4 is 20.7 Å². The molecule has 4 aromatic carbocycles. The number of hydrogen-bond donors (Lipinski definition) is 0. The summed E-state index contributed by atoms with van der Waals surface area (Å²) in [5, 5.41) is 4.10. The summed E-state index contributed by atoms with van der Waals surface area (Å²) < 4.78 is 7.45. The minimum atomic E-state index is -3.34. The fraction of sp³-hybridized carbons (Fsp3) is 0.250. The fourth-order valence-electron chi connectivity index (χ4n) is 4.87. The van der Waals surface area contributed by atoms with E-state index in [4.69, 9.17) is 26.3 Å². The highest BCUT2D eigenvalue weighted by atomic mass is 35.6. The van der Waals surface area contributed by atoms with Gasteiger partial charge < -0.3 is 4.12 Å². The number of benzene rings is 4. The van der Waals surface area contributed by atoms with Crippen molar-refractivity contribution in [3.8, 4) is 0 Å². The molecule has 0 saturated carbocycles. The Morgan fingerprint density at radius 3 is 1.08 bits per heavy atom. The largest absolute Gasteiger partial charge is 0.420 e. The Kier molecular flexibility index (Phi) is 7.95.